The van der Waals surface area contributed by atoms with E-state index in [2.05, 4.69) is 48.4 Å². The van der Waals surface area contributed by atoms with Crippen LogP contribution < -0.4 is 10.6 Å². The number of carbonyl (C=O) groups excluding carboxylic acids is 1. The van der Waals surface area contributed by atoms with Gasteiger partial charge in [-0.1, -0.05) is 0 Å². The van der Waals surface area contributed by atoms with Crippen LogP contribution in [-0.2, 0) is 4.79 Å². The fourth-order valence-electron chi connectivity index (χ4n) is 2.52. The van der Waals surface area contributed by atoms with E-state index < -0.39 is 0 Å². The first-order valence-electron chi connectivity index (χ1n) is 7.30. The highest BCUT2D eigenvalue weighted by Crippen LogP contribution is 2.14. The Hall–Kier alpha value is -0.650. The average Bonchev–Trinajstić information content (AvgIpc) is 2.81. The number of hydrogen-bond donors (Lipinski definition) is 2. The van der Waals surface area contributed by atoms with Gasteiger partial charge in [-0.15, -0.1) is 0 Å². The first-order valence-corrected chi connectivity index (χ1v) is 7.30. The fourth-order valence-corrected chi connectivity index (χ4v) is 2.52. The minimum absolute atomic E-state index is 0.00198. The maximum atomic E-state index is 11.6. The van der Waals surface area contributed by atoms with Crippen LogP contribution in [0.2, 0.25) is 0 Å². The van der Waals surface area contributed by atoms with Crippen molar-refractivity contribution in [1.29, 1.82) is 0 Å². The first kappa shape index (κ1) is 16.4. The Bertz CT molecular complexity index is 281. The topological polar surface area (TPSA) is 47.6 Å². The summed E-state index contributed by atoms with van der Waals surface area (Å²) in [4.78, 5) is 16.3. The van der Waals surface area contributed by atoms with Crippen LogP contribution in [0.4, 0.5) is 0 Å². The van der Waals surface area contributed by atoms with Crippen LogP contribution in [0.1, 0.15) is 26.7 Å². The number of hydrogen-bond acceptors (Lipinski definition) is 4. The molecule has 0 aromatic rings. The molecular weight excluding hydrogens is 240 g/mol. The molecule has 0 aromatic heterocycles. The second kappa shape index (κ2) is 7.82. The average molecular weight is 270 g/mol. The summed E-state index contributed by atoms with van der Waals surface area (Å²) in [7, 11) is 5.91. The lowest BCUT2D eigenvalue weighted by Crippen LogP contribution is -2.47. The quantitative estimate of drug-likeness (QED) is 0.690. The minimum atomic E-state index is -0.00198. The van der Waals surface area contributed by atoms with Gasteiger partial charge >= 0.3 is 0 Å². The molecule has 19 heavy (non-hydrogen) atoms. The van der Waals surface area contributed by atoms with E-state index in [1.54, 1.807) is 7.05 Å². The lowest BCUT2D eigenvalue weighted by atomic mass is 10.1. The summed E-state index contributed by atoms with van der Waals surface area (Å²) in [5.41, 5.74) is 0. The van der Waals surface area contributed by atoms with Crippen molar-refractivity contribution in [2.75, 3.05) is 40.8 Å². The van der Waals surface area contributed by atoms with Crippen molar-refractivity contribution < 1.29 is 4.79 Å². The van der Waals surface area contributed by atoms with E-state index in [9.17, 15) is 4.79 Å². The Balaban J connectivity index is 2.41. The van der Waals surface area contributed by atoms with Crippen molar-refractivity contribution in [3.8, 4) is 0 Å². The van der Waals surface area contributed by atoms with Gasteiger partial charge < -0.3 is 15.5 Å². The van der Waals surface area contributed by atoms with Crippen LogP contribution in [0.15, 0.2) is 0 Å². The molecule has 1 heterocycles. The summed E-state index contributed by atoms with van der Waals surface area (Å²) in [6.07, 6.45) is 2.03. The van der Waals surface area contributed by atoms with Crippen molar-refractivity contribution in [2.24, 2.45) is 0 Å². The summed E-state index contributed by atoms with van der Waals surface area (Å²) >= 11 is 0. The van der Waals surface area contributed by atoms with E-state index in [0.717, 1.165) is 32.5 Å². The van der Waals surface area contributed by atoms with Crippen molar-refractivity contribution in [3.05, 3.63) is 0 Å². The monoisotopic (exact) mass is 270 g/mol. The molecule has 2 unspecified atom stereocenters. The van der Waals surface area contributed by atoms with Crippen molar-refractivity contribution in [1.82, 2.24) is 20.4 Å². The predicted molar refractivity (Wildman–Crippen MR) is 79.3 cm³/mol. The predicted octanol–water partition coefficient (Wildman–Crippen LogP) is 0.125. The third-order valence-electron chi connectivity index (χ3n) is 3.82. The Morgan fingerprint density at radius 1 is 1.32 bits per heavy atom. The first-order chi connectivity index (χ1) is 8.93. The zero-order valence-electron chi connectivity index (χ0n) is 13.1. The van der Waals surface area contributed by atoms with Gasteiger partial charge in [-0.25, -0.2) is 0 Å². The SMILES string of the molecule is CNC(=O)C1CCC(CN(CCN(C)C)C(C)C)N1. The fraction of sp³-hybridized carbons (Fsp3) is 0.929. The third kappa shape index (κ3) is 5.47. The van der Waals surface area contributed by atoms with E-state index >= 15 is 0 Å². The summed E-state index contributed by atoms with van der Waals surface area (Å²) in [6.45, 7) is 7.65. The van der Waals surface area contributed by atoms with Gasteiger partial charge in [0.1, 0.15) is 0 Å². The molecule has 1 saturated heterocycles. The lowest BCUT2D eigenvalue weighted by Gasteiger charge is -2.30. The summed E-state index contributed by atoms with van der Waals surface area (Å²) < 4.78 is 0. The van der Waals surface area contributed by atoms with Crippen LogP contribution in [0, 0.1) is 0 Å². The van der Waals surface area contributed by atoms with Gasteiger partial charge in [-0.05, 0) is 40.8 Å². The van der Waals surface area contributed by atoms with E-state index in [1.165, 1.54) is 0 Å². The van der Waals surface area contributed by atoms with Gasteiger partial charge in [0.25, 0.3) is 0 Å². The summed E-state index contributed by atoms with van der Waals surface area (Å²) in [5.74, 6) is 0.117. The zero-order valence-corrected chi connectivity index (χ0v) is 13.1. The molecule has 1 rings (SSSR count). The van der Waals surface area contributed by atoms with Crippen LogP contribution in [0.5, 0.6) is 0 Å². The summed E-state index contributed by atoms with van der Waals surface area (Å²) in [5, 5.41) is 6.17. The maximum Gasteiger partial charge on any atom is 0.236 e. The zero-order chi connectivity index (χ0) is 14.4. The van der Waals surface area contributed by atoms with Crippen LogP contribution >= 0.6 is 0 Å². The largest absolute Gasteiger partial charge is 0.358 e. The van der Waals surface area contributed by atoms with Gasteiger partial charge in [-0.3, -0.25) is 9.69 Å². The highest BCUT2D eigenvalue weighted by Gasteiger charge is 2.29. The van der Waals surface area contributed by atoms with E-state index in [1.807, 2.05) is 0 Å². The molecule has 2 atom stereocenters. The number of nitrogens with one attached hydrogen (secondary N) is 2. The minimum Gasteiger partial charge on any atom is -0.358 e. The molecule has 1 fully saturated rings. The van der Waals surface area contributed by atoms with E-state index in [0.29, 0.717) is 12.1 Å². The number of rotatable bonds is 7. The van der Waals surface area contributed by atoms with Gasteiger partial charge in [-0.2, -0.15) is 0 Å². The molecule has 1 aliphatic heterocycles. The van der Waals surface area contributed by atoms with Crippen molar-refractivity contribution in [3.63, 3.8) is 0 Å². The molecule has 1 amide bonds. The Morgan fingerprint density at radius 3 is 2.53 bits per heavy atom. The normalized spacial score (nSPS) is 23.6. The third-order valence-corrected chi connectivity index (χ3v) is 3.82. The molecule has 0 spiro atoms. The molecule has 5 heteroatoms. The molecule has 0 aromatic carbocycles. The lowest BCUT2D eigenvalue weighted by molar-refractivity contribution is -0.122. The number of amides is 1. The van der Waals surface area contributed by atoms with Crippen molar-refractivity contribution in [2.45, 2.75) is 44.8 Å². The Morgan fingerprint density at radius 2 is 2.00 bits per heavy atom. The van der Waals surface area contributed by atoms with E-state index in [-0.39, 0.29) is 11.9 Å². The van der Waals surface area contributed by atoms with Gasteiger partial charge in [0.05, 0.1) is 6.04 Å². The Labute approximate surface area is 117 Å². The molecule has 0 aliphatic carbocycles. The molecule has 0 radical (unpaired) electrons. The van der Waals surface area contributed by atoms with Gasteiger partial charge in [0, 0.05) is 38.8 Å². The van der Waals surface area contributed by atoms with Crippen LogP contribution in [0.25, 0.3) is 0 Å². The molecule has 0 saturated carbocycles. The molecular formula is C14H30N4O. The highest BCUT2D eigenvalue weighted by molar-refractivity contribution is 5.81. The molecule has 2 N–H and O–H groups in total. The molecule has 0 bridgehead atoms. The van der Waals surface area contributed by atoms with Crippen molar-refractivity contribution >= 4 is 5.91 Å². The molecule has 112 valence electrons. The number of likely N-dealkylation sites (N-methyl/N-ethyl adjacent to an activating group) is 2. The number of nitrogens with zero attached hydrogens (tertiary/aromatic N) is 2. The maximum absolute atomic E-state index is 11.6. The van der Waals surface area contributed by atoms with E-state index in [4.69, 9.17) is 0 Å². The van der Waals surface area contributed by atoms with Crippen LogP contribution in [0.3, 0.4) is 0 Å². The van der Waals surface area contributed by atoms with Crippen LogP contribution in [-0.4, -0.2) is 74.6 Å². The standard InChI is InChI=1S/C14H30N4O/c1-11(2)18(9-8-17(4)5)10-12-6-7-13(16-12)14(19)15-3/h11-13,16H,6-10H2,1-5H3,(H,15,19). The smallest absolute Gasteiger partial charge is 0.236 e. The Kier molecular flexibility index (Phi) is 6.75. The number of carbonyl (C=O) groups is 1. The second-order valence-corrected chi connectivity index (χ2v) is 6.00. The van der Waals surface area contributed by atoms with Gasteiger partial charge in [0.15, 0.2) is 0 Å². The second-order valence-electron chi connectivity index (χ2n) is 6.00. The van der Waals surface area contributed by atoms with Gasteiger partial charge in [0.2, 0.25) is 5.91 Å². The highest BCUT2D eigenvalue weighted by atomic mass is 16.2. The summed E-state index contributed by atoms with van der Waals surface area (Å²) in [6, 6.07) is 0.977. The molecule has 1 aliphatic rings. The molecule has 5 nitrogen and oxygen atoms in total.